The normalized spacial score (nSPS) is 18.7. The van der Waals surface area contributed by atoms with Crippen LogP contribution in [0.1, 0.15) is 71.1 Å². The van der Waals surface area contributed by atoms with Gasteiger partial charge in [-0.2, -0.15) is 0 Å². The van der Waals surface area contributed by atoms with E-state index in [1.165, 1.54) is 64.2 Å². The lowest BCUT2D eigenvalue weighted by Gasteiger charge is -2.19. The second kappa shape index (κ2) is 8.94. The summed E-state index contributed by atoms with van der Waals surface area (Å²) in [5.41, 5.74) is 0. The molecule has 0 atom stereocenters. The number of hydrogen-bond donors (Lipinski definition) is 0. The number of unbranched alkanes of at least 4 members (excludes halogenated alkanes) is 3. The van der Waals surface area contributed by atoms with Gasteiger partial charge in [-0.3, -0.25) is 4.99 Å². The van der Waals surface area contributed by atoms with Crippen LogP contribution in [0.15, 0.2) is 4.99 Å². The Bertz CT molecular complexity index is 157. The summed E-state index contributed by atoms with van der Waals surface area (Å²) < 4.78 is 0. The van der Waals surface area contributed by atoms with Gasteiger partial charge in [0.1, 0.15) is 0 Å². The first-order valence-electron chi connectivity index (χ1n) is 6.91. The third kappa shape index (κ3) is 6.70. The smallest absolute Gasteiger partial charge is 0.0385 e. The van der Waals surface area contributed by atoms with Gasteiger partial charge < -0.3 is 0 Å². The largest absolute Gasteiger partial charge is 0.298 e. The van der Waals surface area contributed by atoms with Crippen molar-refractivity contribution < 1.29 is 0 Å². The monoisotopic (exact) mass is 209 g/mol. The zero-order valence-electron chi connectivity index (χ0n) is 10.4. The highest BCUT2D eigenvalue weighted by atomic mass is 14.7. The van der Waals surface area contributed by atoms with Crippen LogP contribution in [-0.4, -0.2) is 12.8 Å². The summed E-state index contributed by atoms with van der Waals surface area (Å²) >= 11 is 0. The molecule has 1 aliphatic rings. The Kier molecular flexibility index (Phi) is 7.59. The van der Waals surface area contributed by atoms with Crippen molar-refractivity contribution in [3.05, 3.63) is 0 Å². The fourth-order valence-electron chi connectivity index (χ4n) is 2.37. The summed E-state index contributed by atoms with van der Waals surface area (Å²) in [7, 11) is 0. The van der Waals surface area contributed by atoms with Crippen molar-refractivity contribution in [2.45, 2.75) is 71.1 Å². The van der Waals surface area contributed by atoms with Crippen LogP contribution in [0.2, 0.25) is 0 Å². The SMILES string of the molecule is CCCCCCN=CCC1CCCCC1. The predicted octanol–water partition coefficient (Wildman–Crippen LogP) is 4.61. The van der Waals surface area contributed by atoms with Gasteiger partial charge >= 0.3 is 0 Å². The molecule has 0 aromatic carbocycles. The molecule has 0 aromatic rings. The zero-order chi connectivity index (χ0) is 10.8. The van der Waals surface area contributed by atoms with Gasteiger partial charge in [0.05, 0.1) is 0 Å². The Morgan fingerprint density at radius 2 is 1.87 bits per heavy atom. The molecule has 0 aliphatic heterocycles. The summed E-state index contributed by atoms with van der Waals surface area (Å²) in [5, 5.41) is 0. The number of nitrogens with zero attached hydrogens (tertiary/aromatic N) is 1. The van der Waals surface area contributed by atoms with Crippen molar-refractivity contribution >= 4 is 6.21 Å². The van der Waals surface area contributed by atoms with Crippen molar-refractivity contribution in [3.63, 3.8) is 0 Å². The first kappa shape index (κ1) is 12.7. The molecular weight excluding hydrogens is 182 g/mol. The maximum Gasteiger partial charge on any atom is 0.0385 e. The van der Waals surface area contributed by atoms with Crippen LogP contribution in [0.3, 0.4) is 0 Å². The summed E-state index contributed by atoms with van der Waals surface area (Å²) in [6, 6.07) is 0. The Labute approximate surface area is 95.4 Å². The highest BCUT2D eigenvalue weighted by Gasteiger charge is 2.11. The summed E-state index contributed by atoms with van der Waals surface area (Å²) in [6.45, 7) is 3.32. The lowest BCUT2D eigenvalue weighted by molar-refractivity contribution is 0.370. The van der Waals surface area contributed by atoms with Crippen molar-refractivity contribution in [3.8, 4) is 0 Å². The average molecular weight is 209 g/mol. The first-order chi connectivity index (χ1) is 7.43. The molecule has 1 fully saturated rings. The van der Waals surface area contributed by atoms with E-state index in [1.54, 1.807) is 0 Å². The van der Waals surface area contributed by atoms with Crippen molar-refractivity contribution in [2.75, 3.05) is 6.54 Å². The lowest BCUT2D eigenvalue weighted by Crippen LogP contribution is -2.06. The molecule has 88 valence electrons. The fourth-order valence-corrected chi connectivity index (χ4v) is 2.37. The van der Waals surface area contributed by atoms with E-state index in [2.05, 4.69) is 18.1 Å². The molecule has 0 heterocycles. The van der Waals surface area contributed by atoms with Gasteiger partial charge in [0, 0.05) is 6.54 Å². The Balaban J connectivity index is 1.91. The summed E-state index contributed by atoms with van der Waals surface area (Å²) in [4.78, 5) is 4.51. The molecule has 15 heavy (non-hydrogen) atoms. The zero-order valence-corrected chi connectivity index (χ0v) is 10.4. The molecule has 0 amide bonds. The Morgan fingerprint density at radius 3 is 2.60 bits per heavy atom. The molecule has 0 unspecified atom stereocenters. The van der Waals surface area contributed by atoms with E-state index in [0.29, 0.717) is 0 Å². The van der Waals surface area contributed by atoms with Crippen LogP contribution in [0.25, 0.3) is 0 Å². The van der Waals surface area contributed by atoms with E-state index in [9.17, 15) is 0 Å². The van der Waals surface area contributed by atoms with Crippen molar-refractivity contribution in [1.29, 1.82) is 0 Å². The molecular formula is C14H27N. The molecule has 1 heteroatoms. The molecule has 0 saturated heterocycles. The molecule has 1 rings (SSSR count). The van der Waals surface area contributed by atoms with Gasteiger partial charge in [-0.1, -0.05) is 58.3 Å². The van der Waals surface area contributed by atoms with E-state index in [4.69, 9.17) is 0 Å². The lowest BCUT2D eigenvalue weighted by atomic mass is 9.87. The highest BCUT2D eigenvalue weighted by Crippen LogP contribution is 2.25. The van der Waals surface area contributed by atoms with Gasteiger partial charge in [-0.15, -0.1) is 0 Å². The molecule has 1 saturated carbocycles. The molecule has 0 spiro atoms. The van der Waals surface area contributed by atoms with E-state index < -0.39 is 0 Å². The minimum Gasteiger partial charge on any atom is -0.298 e. The summed E-state index contributed by atoms with van der Waals surface area (Å²) in [6.07, 6.45) is 16.0. The van der Waals surface area contributed by atoms with Gasteiger partial charge in [0.15, 0.2) is 0 Å². The molecule has 1 aliphatic carbocycles. The molecule has 0 radical (unpaired) electrons. The third-order valence-corrected chi connectivity index (χ3v) is 3.43. The van der Waals surface area contributed by atoms with Crippen molar-refractivity contribution in [2.24, 2.45) is 10.9 Å². The third-order valence-electron chi connectivity index (χ3n) is 3.43. The predicted molar refractivity (Wildman–Crippen MR) is 68.7 cm³/mol. The summed E-state index contributed by atoms with van der Waals surface area (Å²) in [5.74, 6) is 0.957. The highest BCUT2D eigenvalue weighted by molar-refractivity contribution is 5.57. The van der Waals surface area contributed by atoms with E-state index in [0.717, 1.165) is 12.5 Å². The average Bonchev–Trinajstić information content (AvgIpc) is 2.29. The van der Waals surface area contributed by atoms with Crippen LogP contribution in [0, 0.1) is 5.92 Å². The van der Waals surface area contributed by atoms with Crippen LogP contribution >= 0.6 is 0 Å². The van der Waals surface area contributed by atoms with Gasteiger partial charge in [-0.05, 0) is 25.0 Å². The van der Waals surface area contributed by atoms with Crippen LogP contribution in [0.5, 0.6) is 0 Å². The van der Waals surface area contributed by atoms with Crippen LogP contribution in [0.4, 0.5) is 0 Å². The van der Waals surface area contributed by atoms with Gasteiger partial charge in [-0.25, -0.2) is 0 Å². The van der Waals surface area contributed by atoms with E-state index in [1.807, 2.05) is 0 Å². The fraction of sp³-hybridized carbons (Fsp3) is 0.929. The number of rotatable bonds is 7. The van der Waals surface area contributed by atoms with Gasteiger partial charge in [0.25, 0.3) is 0 Å². The molecule has 0 bridgehead atoms. The minimum absolute atomic E-state index is 0.957. The van der Waals surface area contributed by atoms with E-state index in [-0.39, 0.29) is 0 Å². The quantitative estimate of drug-likeness (QED) is 0.429. The number of aliphatic imine (C=N–C) groups is 1. The minimum atomic E-state index is 0.957. The van der Waals surface area contributed by atoms with Gasteiger partial charge in [0.2, 0.25) is 0 Å². The molecule has 0 N–H and O–H groups in total. The topological polar surface area (TPSA) is 12.4 Å². The maximum absolute atomic E-state index is 4.51. The van der Waals surface area contributed by atoms with Crippen molar-refractivity contribution in [1.82, 2.24) is 0 Å². The Hall–Kier alpha value is -0.330. The Morgan fingerprint density at radius 1 is 1.07 bits per heavy atom. The second-order valence-corrected chi connectivity index (χ2v) is 4.89. The molecule has 1 nitrogen and oxygen atoms in total. The molecule has 0 aromatic heterocycles. The standard InChI is InChI=1S/C14H27N/c1-2-3-4-8-12-15-13-11-14-9-6-5-7-10-14/h13-14H,2-12H2,1H3. The van der Waals surface area contributed by atoms with Crippen LogP contribution in [-0.2, 0) is 0 Å². The second-order valence-electron chi connectivity index (χ2n) is 4.89. The number of hydrogen-bond acceptors (Lipinski definition) is 1. The van der Waals surface area contributed by atoms with E-state index >= 15 is 0 Å². The first-order valence-corrected chi connectivity index (χ1v) is 6.91. The van der Waals surface area contributed by atoms with Crippen LogP contribution < -0.4 is 0 Å². The maximum atomic E-state index is 4.51.